The summed E-state index contributed by atoms with van der Waals surface area (Å²) < 4.78 is 5.48. The highest BCUT2D eigenvalue weighted by atomic mass is 16.5. The number of aromatic amines is 2. The molecule has 10 heteroatoms. The van der Waals surface area contributed by atoms with E-state index in [0.29, 0.717) is 24.7 Å². The van der Waals surface area contributed by atoms with Gasteiger partial charge in [-0.25, -0.2) is 14.8 Å². The van der Waals surface area contributed by atoms with Crippen molar-refractivity contribution in [3.05, 3.63) is 72.4 Å². The van der Waals surface area contributed by atoms with Crippen molar-refractivity contribution in [2.24, 2.45) is 0 Å². The molecule has 0 radical (unpaired) electrons. The molecular weight excluding hydrogens is 492 g/mol. The van der Waals surface area contributed by atoms with Crippen molar-refractivity contribution in [2.45, 2.75) is 20.3 Å². The largest absolute Gasteiger partial charge is 0.378 e. The number of amides is 2. The summed E-state index contributed by atoms with van der Waals surface area (Å²) in [6.45, 7) is 7.05. The normalized spacial score (nSPS) is 13.5. The van der Waals surface area contributed by atoms with Crippen LogP contribution in [0.2, 0.25) is 0 Å². The van der Waals surface area contributed by atoms with Gasteiger partial charge in [-0.3, -0.25) is 10.3 Å². The fraction of sp³-hybridized carbons (Fsp3) is 0.241. The van der Waals surface area contributed by atoms with Crippen LogP contribution < -0.4 is 15.5 Å². The molecule has 0 aliphatic carbocycles. The number of urea groups is 1. The molecule has 5 heterocycles. The van der Waals surface area contributed by atoms with E-state index in [9.17, 15) is 4.79 Å². The Labute approximate surface area is 225 Å². The average Bonchev–Trinajstić information content (AvgIpc) is 3.58. The smallest absolute Gasteiger partial charge is 0.324 e. The predicted molar refractivity (Wildman–Crippen MR) is 153 cm³/mol. The number of H-pyrrole nitrogens is 2. The first-order chi connectivity index (χ1) is 19.1. The van der Waals surface area contributed by atoms with E-state index in [2.05, 4.69) is 53.4 Å². The summed E-state index contributed by atoms with van der Waals surface area (Å²) in [6, 6.07) is 15.4. The maximum absolute atomic E-state index is 12.8. The number of nitrogens with one attached hydrogen (secondary N) is 4. The van der Waals surface area contributed by atoms with Crippen molar-refractivity contribution in [2.75, 3.05) is 41.8 Å². The summed E-state index contributed by atoms with van der Waals surface area (Å²) >= 11 is 0. The lowest BCUT2D eigenvalue weighted by atomic mass is 10.1. The van der Waals surface area contributed by atoms with E-state index in [0.717, 1.165) is 70.1 Å². The number of ether oxygens (including phenoxy) is 1. The molecule has 10 nitrogen and oxygen atoms in total. The van der Waals surface area contributed by atoms with Crippen LogP contribution in [0.5, 0.6) is 0 Å². The van der Waals surface area contributed by atoms with Crippen LogP contribution in [0, 0.1) is 6.92 Å². The van der Waals surface area contributed by atoms with Gasteiger partial charge in [0.05, 0.1) is 18.6 Å². The Hall–Kier alpha value is -4.70. The number of carbonyl (C=O) groups is 1. The highest BCUT2D eigenvalue weighted by molar-refractivity contribution is 6.00. The Bertz CT molecular complexity index is 1620. The Kier molecular flexibility index (Phi) is 6.68. The number of aromatic nitrogens is 5. The van der Waals surface area contributed by atoms with Crippen molar-refractivity contribution in [1.82, 2.24) is 24.9 Å². The van der Waals surface area contributed by atoms with E-state index < -0.39 is 0 Å². The zero-order valence-electron chi connectivity index (χ0n) is 21.9. The van der Waals surface area contributed by atoms with Gasteiger partial charge in [0.25, 0.3) is 0 Å². The molecule has 0 bridgehead atoms. The summed E-state index contributed by atoms with van der Waals surface area (Å²) in [4.78, 5) is 34.9. The maximum Gasteiger partial charge on any atom is 0.324 e. The number of nitrogens with zero attached hydrogens (tertiary/aromatic N) is 4. The molecule has 5 aromatic rings. The summed E-state index contributed by atoms with van der Waals surface area (Å²) in [7, 11) is 0. The number of pyridine rings is 1. The summed E-state index contributed by atoms with van der Waals surface area (Å²) in [5, 5.41) is 6.81. The summed E-state index contributed by atoms with van der Waals surface area (Å²) in [5.41, 5.74) is 7.54. The minimum absolute atomic E-state index is 0.319. The molecule has 0 atom stereocenters. The van der Waals surface area contributed by atoms with E-state index in [-0.39, 0.29) is 6.03 Å². The lowest BCUT2D eigenvalue weighted by molar-refractivity contribution is 0.122. The zero-order chi connectivity index (χ0) is 26.8. The van der Waals surface area contributed by atoms with Crippen LogP contribution in [0.4, 0.5) is 22.1 Å². The molecule has 39 heavy (non-hydrogen) atoms. The van der Waals surface area contributed by atoms with Crippen LogP contribution in [0.3, 0.4) is 0 Å². The molecule has 1 saturated heterocycles. The maximum atomic E-state index is 12.8. The SMILES string of the molecule is CCc1[nH]c(NC(=O)Nc2ccc(-c3cc4c(N5CCOCC5)ncnc4[nH]3)cc2)cc1-c1ccnc(C)c1. The Morgan fingerprint density at radius 2 is 1.79 bits per heavy atom. The second kappa shape index (κ2) is 10.6. The van der Waals surface area contributed by atoms with Crippen molar-refractivity contribution in [1.29, 1.82) is 0 Å². The average molecular weight is 523 g/mol. The van der Waals surface area contributed by atoms with Crippen molar-refractivity contribution >= 4 is 34.4 Å². The third-order valence-corrected chi connectivity index (χ3v) is 6.88. The van der Waals surface area contributed by atoms with Gasteiger partial charge in [-0.05, 0) is 60.9 Å². The lowest BCUT2D eigenvalue weighted by Crippen LogP contribution is -2.36. The molecule has 6 rings (SSSR count). The lowest BCUT2D eigenvalue weighted by Gasteiger charge is -2.27. The van der Waals surface area contributed by atoms with Crippen LogP contribution in [-0.4, -0.2) is 57.3 Å². The molecule has 198 valence electrons. The van der Waals surface area contributed by atoms with Crippen molar-refractivity contribution in [3.8, 4) is 22.4 Å². The topological polar surface area (TPSA) is 124 Å². The molecule has 0 unspecified atom stereocenters. The molecular formula is C29H30N8O2. The fourth-order valence-electron chi connectivity index (χ4n) is 4.94. The van der Waals surface area contributed by atoms with Gasteiger partial charge in [-0.15, -0.1) is 0 Å². The molecule has 1 aliphatic rings. The molecule has 1 fully saturated rings. The van der Waals surface area contributed by atoms with E-state index in [1.54, 1.807) is 12.5 Å². The number of anilines is 3. The minimum Gasteiger partial charge on any atom is -0.378 e. The number of hydrogen-bond donors (Lipinski definition) is 4. The Morgan fingerprint density at radius 1 is 0.974 bits per heavy atom. The number of hydrogen-bond acceptors (Lipinski definition) is 6. The van der Waals surface area contributed by atoms with E-state index >= 15 is 0 Å². The number of morpholine rings is 1. The zero-order valence-corrected chi connectivity index (χ0v) is 21.9. The van der Waals surface area contributed by atoms with Crippen molar-refractivity contribution < 1.29 is 9.53 Å². The van der Waals surface area contributed by atoms with Gasteiger partial charge in [0.1, 0.15) is 23.6 Å². The molecule has 1 aromatic carbocycles. The summed E-state index contributed by atoms with van der Waals surface area (Å²) in [6.07, 6.45) is 4.20. The van der Waals surface area contributed by atoms with Gasteiger partial charge in [-0.2, -0.15) is 0 Å². The number of fused-ring (bicyclic) bond motifs is 1. The number of aryl methyl sites for hydroxylation is 2. The Balaban J connectivity index is 1.15. The minimum atomic E-state index is -0.319. The quantitative estimate of drug-likeness (QED) is 0.238. The second-order valence-corrected chi connectivity index (χ2v) is 9.51. The first-order valence-corrected chi connectivity index (χ1v) is 13.1. The monoisotopic (exact) mass is 522 g/mol. The molecule has 0 saturated carbocycles. The predicted octanol–water partition coefficient (Wildman–Crippen LogP) is 5.37. The third kappa shape index (κ3) is 5.19. The fourth-order valence-corrected chi connectivity index (χ4v) is 4.94. The highest BCUT2D eigenvalue weighted by Gasteiger charge is 2.18. The van der Waals surface area contributed by atoms with Crippen LogP contribution in [-0.2, 0) is 11.2 Å². The molecule has 4 N–H and O–H groups in total. The van der Waals surface area contributed by atoms with Gasteiger partial charge in [-0.1, -0.05) is 19.1 Å². The van der Waals surface area contributed by atoms with Gasteiger partial charge in [0, 0.05) is 47.6 Å². The van der Waals surface area contributed by atoms with Crippen LogP contribution in [0.25, 0.3) is 33.4 Å². The second-order valence-electron chi connectivity index (χ2n) is 9.51. The van der Waals surface area contributed by atoms with Crippen LogP contribution in [0.15, 0.2) is 61.1 Å². The summed E-state index contributed by atoms with van der Waals surface area (Å²) in [5.74, 6) is 1.55. The van der Waals surface area contributed by atoms with Crippen molar-refractivity contribution in [3.63, 3.8) is 0 Å². The van der Waals surface area contributed by atoms with Gasteiger partial charge in [0.15, 0.2) is 0 Å². The van der Waals surface area contributed by atoms with E-state index in [1.165, 1.54) is 0 Å². The number of rotatable bonds is 6. The third-order valence-electron chi connectivity index (χ3n) is 6.88. The molecule has 0 spiro atoms. The standard InChI is InChI=1S/C29H30N8O2/c1-3-24-22(20-8-9-30-18(2)14-20)16-26(34-24)36-29(38)33-21-6-4-19(5-7-21)25-15-23-27(35-25)31-17-32-28(23)37-10-12-39-13-11-37/h4-9,14-17,34H,3,10-13H2,1-2H3,(H,31,32,35)(H2,33,36,38). The highest BCUT2D eigenvalue weighted by Crippen LogP contribution is 2.30. The van der Waals surface area contributed by atoms with E-state index in [4.69, 9.17) is 4.74 Å². The van der Waals surface area contributed by atoms with Gasteiger partial charge in [0.2, 0.25) is 0 Å². The number of benzene rings is 1. The van der Waals surface area contributed by atoms with Crippen LogP contribution >= 0.6 is 0 Å². The Morgan fingerprint density at radius 3 is 2.56 bits per heavy atom. The molecule has 4 aromatic heterocycles. The van der Waals surface area contributed by atoms with Gasteiger partial charge < -0.3 is 24.9 Å². The molecule has 1 aliphatic heterocycles. The molecule has 2 amide bonds. The first-order valence-electron chi connectivity index (χ1n) is 13.1. The van der Waals surface area contributed by atoms with Gasteiger partial charge >= 0.3 is 6.03 Å². The van der Waals surface area contributed by atoms with E-state index in [1.807, 2.05) is 49.4 Å². The first kappa shape index (κ1) is 24.6. The van der Waals surface area contributed by atoms with Crippen LogP contribution in [0.1, 0.15) is 18.3 Å². The number of carbonyl (C=O) groups excluding carboxylic acids is 1.